The minimum absolute atomic E-state index is 0.0923. The van der Waals surface area contributed by atoms with Gasteiger partial charge < -0.3 is 10.2 Å². The average Bonchev–Trinajstić information content (AvgIpc) is 2.46. The minimum atomic E-state index is 0.0923. The van der Waals surface area contributed by atoms with Crippen molar-refractivity contribution >= 4 is 5.82 Å². The van der Waals surface area contributed by atoms with Gasteiger partial charge in [0.1, 0.15) is 5.82 Å². The van der Waals surface area contributed by atoms with Crippen LogP contribution in [0, 0.1) is 0 Å². The van der Waals surface area contributed by atoms with E-state index >= 15 is 0 Å². The number of pyridine rings is 2. The van der Waals surface area contributed by atoms with Gasteiger partial charge in [0.2, 0.25) is 0 Å². The molecule has 0 amide bonds. The molecule has 21 heavy (non-hydrogen) atoms. The zero-order valence-electron chi connectivity index (χ0n) is 13.3. The van der Waals surface area contributed by atoms with Gasteiger partial charge >= 0.3 is 0 Å². The maximum Gasteiger partial charge on any atom is 0.133 e. The lowest BCUT2D eigenvalue weighted by molar-refractivity contribution is 0.424. The molecule has 1 N–H and O–H groups in total. The first-order valence-electron chi connectivity index (χ1n) is 7.25. The number of anilines is 1. The summed E-state index contributed by atoms with van der Waals surface area (Å²) in [6.45, 7) is 8.12. The molecule has 2 aromatic rings. The minimum Gasteiger partial charge on any atom is -0.355 e. The Morgan fingerprint density at radius 1 is 1.14 bits per heavy atom. The normalized spacial score (nSPS) is 11.4. The van der Waals surface area contributed by atoms with Crippen LogP contribution in [-0.4, -0.2) is 22.6 Å². The van der Waals surface area contributed by atoms with Crippen LogP contribution in [0.5, 0.6) is 0 Å². The van der Waals surface area contributed by atoms with Gasteiger partial charge in [-0.15, -0.1) is 0 Å². The highest BCUT2D eigenvalue weighted by molar-refractivity contribution is 5.46. The number of hydrogen-bond acceptors (Lipinski definition) is 4. The van der Waals surface area contributed by atoms with Crippen molar-refractivity contribution in [1.29, 1.82) is 0 Å². The number of aromatic nitrogens is 2. The van der Waals surface area contributed by atoms with Crippen molar-refractivity contribution in [2.75, 3.05) is 11.9 Å². The van der Waals surface area contributed by atoms with E-state index in [-0.39, 0.29) is 5.54 Å². The Kier molecular flexibility index (Phi) is 4.91. The van der Waals surface area contributed by atoms with Crippen molar-refractivity contribution in [2.24, 2.45) is 0 Å². The smallest absolute Gasteiger partial charge is 0.133 e. The molecule has 0 aliphatic heterocycles. The Hall–Kier alpha value is -1.94. The summed E-state index contributed by atoms with van der Waals surface area (Å²) in [6.07, 6.45) is 5.53. The van der Waals surface area contributed by atoms with E-state index in [4.69, 9.17) is 0 Å². The standard InChI is InChI=1S/C17H24N4/c1-17(2,3)20-12-15-8-6-10-19-16(15)21(4)13-14-7-5-9-18-11-14/h5-11,20H,12-13H2,1-4H3. The summed E-state index contributed by atoms with van der Waals surface area (Å²) in [4.78, 5) is 10.9. The predicted octanol–water partition coefficient (Wildman–Crippen LogP) is 3.00. The van der Waals surface area contributed by atoms with Gasteiger partial charge in [-0.1, -0.05) is 12.1 Å². The first kappa shape index (κ1) is 15.4. The molecule has 2 heterocycles. The molecule has 0 aliphatic rings. The second-order valence-corrected chi connectivity index (χ2v) is 6.31. The quantitative estimate of drug-likeness (QED) is 0.916. The van der Waals surface area contributed by atoms with Crippen LogP contribution in [0.3, 0.4) is 0 Å². The van der Waals surface area contributed by atoms with Gasteiger partial charge in [-0.05, 0) is 38.5 Å². The highest BCUT2D eigenvalue weighted by atomic mass is 15.2. The molecule has 0 spiro atoms. The van der Waals surface area contributed by atoms with Crippen LogP contribution in [0.15, 0.2) is 42.9 Å². The van der Waals surface area contributed by atoms with Gasteiger partial charge in [0.05, 0.1) is 0 Å². The van der Waals surface area contributed by atoms with E-state index in [0.29, 0.717) is 0 Å². The van der Waals surface area contributed by atoms with Crippen LogP contribution in [0.4, 0.5) is 5.82 Å². The Bertz CT molecular complexity index is 561. The summed E-state index contributed by atoms with van der Waals surface area (Å²) in [5, 5.41) is 3.52. The summed E-state index contributed by atoms with van der Waals surface area (Å²) in [5.74, 6) is 1.01. The van der Waals surface area contributed by atoms with E-state index in [9.17, 15) is 0 Å². The number of nitrogens with zero attached hydrogens (tertiary/aromatic N) is 3. The Morgan fingerprint density at radius 3 is 2.57 bits per heavy atom. The highest BCUT2D eigenvalue weighted by Gasteiger charge is 2.13. The van der Waals surface area contributed by atoms with Gasteiger partial charge in [0.25, 0.3) is 0 Å². The fourth-order valence-electron chi connectivity index (χ4n) is 2.11. The van der Waals surface area contributed by atoms with E-state index in [1.54, 1.807) is 6.20 Å². The second kappa shape index (κ2) is 6.68. The molecular formula is C17H24N4. The number of rotatable bonds is 5. The largest absolute Gasteiger partial charge is 0.355 e. The zero-order valence-corrected chi connectivity index (χ0v) is 13.3. The van der Waals surface area contributed by atoms with Crippen molar-refractivity contribution in [3.8, 4) is 0 Å². The van der Waals surface area contributed by atoms with Gasteiger partial charge in [-0.25, -0.2) is 4.98 Å². The first-order valence-corrected chi connectivity index (χ1v) is 7.25. The van der Waals surface area contributed by atoms with Gasteiger partial charge in [0, 0.05) is 49.8 Å². The summed E-state index contributed by atoms with van der Waals surface area (Å²) >= 11 is 0. The number of hydrogen-bond donors (Lipinski definition) is 1. The Morgan fingerprint density at radius 2 is 1.90 bits per heavy atom. The predicted molar refractivity (Wildman–Crippen MR) is 87.2 cm³/mol. The number of nitrogens with one attached hydrogen (secondary N) is 1. The molecule has 0 aromatic carbocycles. The van der Waals surface area contributed by atoms with Crippen LogP contribution in [0.25, 0.3) is 0 Å². The lowest BCUT2D eigenvalue weighted by Crippen LogP contribution is -2.35. The lowest BCUT2D eigenvalue weighted by Gasteiger charge is -2.24. The maximum atomic E-state index is 4.54. The van der Waals surface area contributed by atoms with Crippen molar-refractivity contribution in [3.63, 3.8) is 0 Å². The molecule has 0 unspecified atom stereocenters. The molecule has 0 saturated heterocycles. The molecule has 4 heteroatoms. The van der Waals surface area contributed by atoms with E-state index in [0.717, 1.165) is 18.9 Å². The molecule has 0 saturated carbocycles. The fourth-order valence-corrected chi connectivity index (χ4v) is 2.11. The SMILES string of the molecule is CN(Cc1cccnc1)c1ncccc1CNC(C)(C)C. The Labute approximate surface area is 127 Å². The Balaban J connectivity index is 2.11. The van der Waals surface area contributed by atoms with Gasteiger partial charge in [-0.3, -0.25) is 4.98 Å². The second-order valence-electron chi connectivity index (χ2n) is 6.31. The molecule has 2 rings (SSSR count). The summed E-state index contributed by atoms with van der Waals surface area (Å²) < 4.78 is 0. The van der Waals surface area contributed by atoms with Crippen LogP contribution >= 0.6 is 0 Å². The summed E-state index contributed by atoms with van der Waals surface area (Å²) in [5.41, 5.74) is 2.48. The third-order valence-electron chi connectivity index (χ3n) is 3.18. The molecule has 0 radical (unpaired) electrons. The van der Waals surface area contributed by atoms with E-state index in [1.165, 1.54) is 11.1 Å². The van der Waals surface area contributed by atoms with Crippen LogP contribution < -0.4 is 10.2 Å². The van der Waals surface area contributed by atoms with Crippen molar-refractivity contribution in [2.45, 2.75) is 39.4 Å². The lowest BCUT2D eigenvalue weighted by atomic mass is 10.1. The molecule has 112 valence electrons. The third kappa shape index (κ3) is 4.83. The van der Waals surface area contributed by atoms with Crippen molar-refractivity contribution in [1.82, 2.24) is 15.3 Å². The van der Waals surface area contributed by atoms with E-state index < -0.39 is 0 Å². The molecule has 4 nitrogen and oxygen atoms in total. The molecule has 0 aliphatic carbocycles. The molecule has 0 fully saturated rings. The van der Waals surface area contributed by atoms with E-state index in [2.05, 4.69) is 60.1 Å². The molecule has 0 atom stereocenters. The zero-order chi connectivity index (χ0) is 15.3. The average molecular weight is 284 g/mol. The van der Waals surface area contributed by atoms with Crippen LogP contribution in [0.1, 0.15) is 31.9 Å². The van der Waals surface area contributed by atoms with Crippen LogP contribution in [-0.2, 0) is 13.1 Å². The third-order valence-corrected chi connectivity index (χ3v) is 3.18. The van der Waals surface area contributed by atoms with Crippen LogP contribution in [0.2, 0.25) is 0 Å². The first-order chi connectivity index (χ1) is 9.96. The maximum absolute atomic E-state index is 4.54. The van der Waals surface area contributed by atoms with Crippen molar-refractivity contribution < 1.29 is 0 Å². The van der Waals surface area contributed by atoms with Gasteiger partial charge in [-0.2, -0.15) is 0 Å². The van der Waals surface area contributed by atoms with Crippen molar-refractivity contribution in [3.05, 3.63) is 54.0 Å². The monoisotopic (exact) mass is 284 g/mol. The molecule has 0 bridgehead atoms. The summed E-state index contributed by atoms with van der Waals surface area (Å²) in [6, 6.07) is 8.16. The molecule has 2 aromatic heterocycles. The molecular weight excluding hydrogens is 260 g/mol. The van der Waals surface area contributed by atoms with E-state index in [1.807, 2.05) is 24.5 Å². The summed E-state index contributed by atoms with van der Waals surface area (Å²) in [7, 11) is 2.07. The highest BCUT2D eigenvalue weighted by Crippen LogP contribution is 2.18. The van der Waals surface area contributed by atoms with Gasteiger partial charge in [0.15, 0.2) is 0 Å². The topological polar surface area (TPSA) is 41.1 Å². The fraction of sp³-hybridized carbons (Fsp3) is 0.412.